The average molecular weight is 240 g/mol. The Morgan fingerprint density at radius 1 is 1.00 bits per heavy atom. The fourth-order valence-electron chi connectivity index (χ4n) is 1.98. The normalized spacial score (nSPS) is 10.7. The summed E-state index contributed by atoms with van der Waals surface area (Å²) in [7, 11) is 0. The molecule has 3 aromatic rings. The van der Waals surface area contributed by atoms with Gasteiger partial charge in [0, 0.05) is 23.9 Å². The minimum Gasteiger partial charge on any atom is -0.381 e. The summed E-state index contributed by atoms with van der Waals surface area (Å²) in [6, 6.07) is 14.7. The Bertz CT molecular complexity index is 656. The summed E-state index contributed by atoms with van der Waals surface area (Å²) < 4.78 is 12.8. The lowest BCUT2D eigenvalue weighted by Crippen LogP contribution is -1.98. The van der Waals surface area contributed by atoms with Gasteiger partial charge in [-0.05, 0) is 53.4 Å². The molecule has 0 aliphatic rings. The molecule has 0 spiro atoms. The van der Waals surface area contributed by atoms with Crippen LogP contribution < -0.4 is 5.32 Å². The molecule has 0 unspecified atom stereocenters. The van der Waals surface area contributed by atoms with Gasteiger partial charge in [0.2, 0.25) is 0 Å². The van der Waals surface area contributed by atoms with Gasteiger partial charge in [0.25, 0.3) is 0 Å². The molecule has 2 aromatic carbocycles. The molecular weight excluding hydrogens is 227 g/mol. The molecule has 18 heavy (non-hydrogen) atoms. The van der Waals surface area contributed by atoms with Gasteiger partial charge in [-0.25, -0.2) is 4.39 Å². The monoisotopic (exact) mass is 240 g/mol. The quantitative estimate of drug-likeness (QED) is 0.713. The predicted molar refractivity (Wildman–Crippen MR) is 72.0 cm³/mol. The zero-order chi connectivity index (χ0) is 12.4. The van der Waals surface area contributed by atoms with Crippen molar-refractivity contribution in [3.8, 4) is 0 Å². The molecule has 2 nitrogen and oxygen atoms in total. The van der Waals surface area contributed by atoms with Crippen molar-refractivity contribution in [3.05, 3.63) is 66.1 Å². The van der Waals surface area contributed by atoms with E-state index in [1.165, 1.54) is 23.1 Å². The summed E-state index contributed by atoms with van der Waals surface area (Å²) >= 11 is 0. The molecule has 0 fully saturated rings. The molecular formula is C15H13FN2. The summed E-state index contributed by atoms with van der Waals surface area (Å²) in [6.07, 6.45) is 1.93. The van der Waals surface area contributed by atoms with E-state index in [1.807, 2.05) is 6.20 Å². The van der Waals surface area contributed by atoms with Crippen molar-refractivity contribution in [2.24, 2.45) is 0 Å². The molecule has 0 amide bonds. The number of aromatic amines is 1. The Kier molecular flexibility index (Phi) is 2.73. The number of nitrogens with one attached hydrogen (secondary N) is 2. The first-order valence-corrected chi connectivity index (χ1v) is 5.87. The van der Waals surface area contributed by atoms with E-state index in [4.69, 9.17) is 0 Å². The van der Waals surface area contributed by atoms with Gasteiger partial charge in [-0.15, -0.1) is 0 Å². The number of hydrogen-bond acceptors (Lipinski definition) is 1. The Morgan fingerprint density at radius 3 is 2.67 bits per heavy atom. The average Bonchev–Trinajstić information content (AvgIpc) is 2.85. The van der Waals surface area contributed by atoms with Crippen molar-refractivity contribution >= 4 is 16.6 Å². The second-order valence-corrected chi connectivity index (χ2v) is 4.26. The molecule has 0 aliphatic carbocycles. The van der Waals surface area contributed by atoms with Crippen molar-refractivity contribution in [2.45, 2.75) is 6.54 Å². The molecule has 0 saturated heterocycles. The van der Waals surface area contributed by atoms with E-state index in [0.29, 0.717) is 0 Å². The summed E-state index contributed by atoms with van der Waals surface area (Å²) in [5, 5.41) is 4.47. The highest BCUT2D eigenvalue weighted by Crippen LogP contribution is 2.16. The second-order valence-electron chi connectivity index (χ2n) is 4.26. The van der Waals surface area contributed by atoms with Gasteiger partial charge in [-0.2, -0.15) is 0 Å². The van der Waals surface area contributed by atoms with E-state index in [9.17, 15) is 4.39 Å². The van der Waals surface area contributed by atoms with Crippen LogP contribution in [0.1, 0.15) is 5.56 Å². The van der Waals surface area contributed by atoms with Crippen LogP contribution in [0, 0.1) is 5.82 Å². The molecule has 3 rings (SSSR count). The van der Waals surface area contributed by atoms with Crippen molar-refractivity contribution in [2.75, 3.05) is 5.32 Å². The highest BCUT2D eigenvalue weighted by atomic mass is 19.1. The number of halogens is 1. The molecule has 0 radical (unpaired) electrons. The maximum absolute atomic E-state index is 12.8. The predicted octanol–water partition coefficient (Wildman–Crippen LogP) is 3.92. The molecule has 0 aliphatic heterocycles. The van der Waals surface area contributed by atoms with E-state index in [-0.39, 0.29) is 5.82 Å². The zero-order valence-electron chi connectivity index (χ0n) is 9.78. The summed E-state index contributed by atoms with van der Waals surface area (Å²) in [5.74, 6) is -0.214. The van der Waals surface area contributed by atoms with Crippen LogP contribution in [0.5, 0.6) is 0 Å². The lowest BCUT2D eigenvalue weighted by atomic mass is 10.1. The lowest BCUT2D eigenvalue weighted by Gasteiger charge is -2.06. The Morgan fingerprint density at radius 2 is 1.83 bits per heavy atom. The van der Waals surface area contributed by atoms with E-state index in [0.717, 1.165) is 17.7 Å². The number of H-pyrrole nitrogens is 1. The van der Waals surface area contributed by atoms with Crippen LogP contribution in [0.4, 0.5) is 10.1 Å². The summed E-state index contributed by atoms with van der Waals surface area (Å²) in [6.45, 7) is 0.729. The van der Waals surface area contributed by atoms with E-state index >= 15 is 0 Å². The van der Waals surface area contributed by atoms with Gasteiger partial charge in [0.05, 0.1) is 0 Å². The van der Waals surface area contributed by atoms with Crippen LogP contribution in [0.15, 0.2) is 54.7 Å². The van der Waals surface area contributed by atoms with Gasteiger partial charge in [0.15, 0.2) is 0 Å². The summed E-state index contributed by atoms with van der Waals surface area (Å²) in [4.78, 5) is 3.16. The van der Waals surface area contributed by atoms with Gasteiger partial charge < -0.3 is 10.3 Å². The third-order valence-electron chi connectivity index (χ3n) is 2.96. The SMILES string of the molecule is Fc1ccc(NCc2ccc3[nH]ccc3c2)cc1. The van der Waals surface area contributed by atoms with Crippen molar-refractivity contribution < 1.29 is 4.39 Å². The van der Waals surface area contributed by atoms with E-state index in [1.54, 1.807) is 12.1 Å². The standard InChI is InChI=1S/C15H13FN2/c16-13-2-4-14(5-3-13)18-10-11-1-6-15-12(9-11)7-8-17-15/h1-9,17-18H,10H2. The number of fused-ring (bicyclic) bond motifs is 1. The maximum Gasteiger partial charge on any atom is 0.123 e. The third kappa shape index (κ3) is 2.20. The van der Waals surface area contributed by atoms with Crippen molar-refractivity contribution in [1.82, 2.24) is 4.98 Å². The minimum absolute atomic E-state index is 0.214. The fraction of sp³-hybridized carbons (Fsp3) is 0.0667. The van der Waals surface area contributed by atoms with Gasteiger partial charge in [-0.1, -0.05) is 6.07 Å². The first-order valence-electron chi connectivity index (χ1n) is 5.87. The zero-order valence-corrected chi connectivity index (χ0v) is 9.78. The molecule has 1 aromatic heterocycles. The van der Waals surface area contributed by atoms with Crippen LogP contribution in [0.25, 0.3) is 10.9 Å². The summed E-state index contributed by atoms with van der Waals surface area (Å²) in [5.41, 5.74) is 3.26. The number of benzene rings is 2. The van der Waals surface area contributed by atoms with Crippen molar-refractivity contribution in [1.29, 1.82) is 0 Å². The number of anilines is 1. The Hall–Kier alpha value is -2.29. The smallest absolute Gasteiger partial charge is 0.123 e. The maximum atomic E-state index is 12.8. The van der Waals surface area contributed by atoms with Gasteiger partial charge in [0.1, 0.15) is 5.82 Å². The largest absolute Gasteiger partial charge is 0.381 e. The number of rotatable bonds is 3. The Balaban J connectivity index is 1.74. The first kappa shape index (κ1) is 10.8. The van der Waals surface area contributed by atoms with E-state index in [2.05, 4.69) is 34.6 Å². The molecule has 2 N–H and O–H groups in total. The fourth-order valence-corrected chi connectivity index (χ4v) is 1.98. The van der Waals surface area contributed by atoms with E-state index < -0.39 is 0 Å². The Labute approximate surface area is 104 Å². The highest BCUT2D eigenvalue weighted by Gasteiger charge is 1.98. The second kappa shape index (κ2) is 4.53. The van der Waals surface area contributed by atoms with Gasteiger partial charge in [-0.3, -0.25) is 0 Å². The van der Waals surface area contributed by atoms with Crippen molar-refractivity contribution in [3.63, 3.8) is 0 Å². The third-order valence-corrected chi connectivity index (χ3v) is 2.96. The highest BCUT2D eigenvalue weighted by molar-refractivity contribution is 5.79. The van der Waals surface area contributed by atoms with Crippen LogP contribution in [0.2, 0.25) is 0 Å². The first-order chi connectivity index (χ1) is 8.81. The number of aromatic nitrogens is 1. The van der Waals surface area contributed by atoms with Crippen LogP contribution in [-0.4, -0.2) is 4.98 Å². The van der Waals surface area contributed by atoms with Crippen LogP contribution in [-0.2, 0) is 6.54 Å². The topological polar surface area (TPSA) is 27.8 Å². The molecule has 0 saturated carbocycles. The molecule has 0 bridgehead atoms. The molecule has 3 heteroatoms. The number of hydrogen-bond donors (Lipinski definition) is 2. The van der Waals surface area contributed by atoms with Crippen LogP contribution >= 0.6 is 0 Å². The minimum atomic E-state index is -0.214. The molecule has 1 heterocycles. The molecule has 0 atom stereocenters. The molecule has 90 valence electrons. The van der Waals surface area contributed by atoms with Crippen LogP contribution in [0.3, 0.4) is 0 Å². The van der Waals surface area contributed by atoms with Gasteiger partial charge >= 0.3 is 0 Å². The lowest BCUT2D eigenvalue weighted by molar-refractivity contribution is 0.628.